The monoisotopic (exact) mass is 353 g/mol. The third-order valence-electron chi connectivity index (χ3n) is 3.84. The van der Waals surface area contributed by atoms with Crippen molar-refractivity contribution in [2.24, 2.45) is 5.41 Å². The Hall–Kier alpha value is -1.40. The van der Waals surface area contributed by atoms with E-state index < -0.39 is 0 Å². The van der Waals surface area contributed by atoms with E-state index in [2.05, 4.69) is 5.32 Å². The van der Waals surface area contributed by atoms with Crippen LogP contribution in [0, 0.1) is 5.41 Å². The lowest BCUT2D eigenvalue weighted by Crippen LogP contribution is -2.21. The van der Waals surface area contributed by atoms with Gasteiger partial charge >= 0.3 is 5.97 Å². The second-order valence-corrected chi connectivity index (χ2v) is 8.43. The maximum absolute atomic E-state index is 12.5. The molecule has 134 valence electrons. The number of esters is 1. The van der Waals surface area contributed by atoms with Gasteiger partial charge in [-0.3, -0.25) is 4.79 Å². The number of nitrogens with one attached hydrogen (secondary N) is 1. The van der Waals surface area contributed by atoms with E-state index in [1.54, 1.807) is 7.11 Å². The smallest absolute Gasteiger partial charge is 0.341 e. The summed E-state index contributed by atoms with van der Waals surface area (Å²) in [5.74, 6) is -0.426. The van der Waals surface area contributed by atoms with E-state index in [9.17, 15) is 9.59 Å². The highest BCUT2D eigenvalue weighted by Crippen LogP contribution is 2.39. The summed E-state index contributed by atoms with van der Waals surface area (Å²) in [4.78, 5) is 26.0. The molecule has 0 bridgehead atoms. The highest BCUT2D eigenvalue weighted by Gasteiger charge is 2.28. The largest absolute Gasteiger partial charge is 0.460 e. The molecular weight excluding hydrogens is 326 g/mol. The molecule has 1 aliphatic carbocycles. The van der Waals surface area contributed by atoms with Gasteiger partial charge in [-0.1, -0.05) is 20.8 Å². The zero-order valence-electron chi connectivity index (χ0n) is 15.0. The first-order valence-corrected chi connectivity index (χ1v) is 9.24. The molecule has 5 nitrogen and oxygen atoms in total. The fourth-order valence-corrected chi connectivity index (χ4v) is 4.11. The lowest BCUT2D eigenvalue weighted by Gasteiger charge is -2.17. The van der Waals surface area contributed by atoms with Crippen LogP contribution in [-0.4, -0.2) is 32.2 Å². The van der Waals surface area contributed by atoms with Gasteiger partial charge in [-0.2, -0.15) is 0 Å². The summed E-state index contributed by atoms with van der Waals surface area (Å²) < 4.78 is 10.2. The number of thiophene rings is 1. The third-order valence-corrected chi connectivity index (χ3v) is 5.05. The van der Waals surface area contributed by atoms with Crippen molar-refractivity contribution in [1.29, 1.82) is 0 Å². The van der Waals surface area contributed by atoms with Crippen molar-refractivity contribution in [3.63, 3.8) is 0 Å². The quantitative estimate of drug-likeness (QED) is 0.624. The van der Waals surface area contributed by atoms with Gasteiger partial charge in [0.25, 0.3) is 0 Å². The number of carbonyl (C=O) groups excluding carboxylic acids is 2. The lowest BCUT2D eigenvalue weighted by molar-refractivity contribution is -0.117. The van der Waals surface area contributed by atoms with Crippen molar-refractivity contribution in [2.75, 3.05) is 25.6 Å². The molecule has 0 saturated carbocycles. The van der Waals surface area contributed by atoms with Gasteiger partial charge in [0.1, 0.15) is 11.6 Å². The van der Waals surface area contributed by atoms with Crippen LogP contribution in [-0.2, 0) is 27.1 Å². The first-order chi connectivity index (χ1) is 11.3. The van der Waals surface area contributed by atoms with E-state index >= 15 is 0 Å². The number of ether oxygens (including phenoxy) is 2. The van der Waals surface area contributed by atoms with Crippen molar-refractivity contribution in [3.05, 3.63) is 16.0 Å². The van der Waals surface area contributed by atoms with Crippen molar-refractivity contribution in [2.45, 2.75) is 52.9 Å². The van der Waals surface area contributed by atoms with Crippen molar-refractivity contribution >= 4 is 28.2 Å². The fourth-order valence-electron chi connectivity index (χ4n) is 2.81. The number of fused-ring (bicyclic) bond motifs is 1. The molecule has 0 atom stereocenters. The summed E-state index contributed by atoms with van der Waals surface area (Å²) in [6, 6.07) is 0. The number of amides is 1. The predicted molar refractivity (Wildman–Crippen MR) is 95.8 cm³/mol. The molecule has 1 aromatic rings. The number of anilines is 1. The number of methoxy groups -OCH3 is 1. The summed E-state index contributed by atoms with van der Waals surface area (Å²) in [5, 5.41) is 3.58. The van der Waals surface area contributed by atoms with Crippen LogP contribution in [0.5, 0.6) is 0 Å². The molecule has 0 fully saturated rings. The number of hydrogen-bond donors (Lipinski definition) is 1. The van der Waals surface area contributed by atoms with E-state index in [0.29, 0.717) is 23.6 Å². The standard InChI is InChI=1S/C18H27NO4S/c1-18(2,3)11-14(20)19-16-15(17(21)23-10-9-22-4)12-7-5-6-8-13(12)24-16/h5-11H2,1-4H3,(H,19,20). The van der Waals surface area contributed by atoms with E-state index in [1.165, 1.54) is 16.2 Å². The zero-order valence-corrected chi connectivity index (χ0v) is 15.8. The highest BCUT2D eigenvalue weighted by molar-refractivity contribution is 7.17. The molecule has 6 heteroatoms. The van der Waals surface area contributed by atoms with Gasteiger partial charge < -0.3 is 14.8 Å². The first kappa shape index (κ1) is 18.9. The van der Waals surface area contributed by atoms with Gasteiger partial charge in [-0.05, 0) is 36.7 Å². The molecule has 1 N–H and O–H groups in total. The van der Waals surface area contributed by atoms with Crippen LogP contribution in [0.15, 0.2) is 0 Å². The summed E-state index contributed by atoms with van der Waals surface area (Å²) in [6.07, 6.45) is 4.44. The van der Waals surface area contributed by atoms with Crippen molar-refractivity contribution in [1.82, 2.24) is 0 Å². The lowest BCUT2D eigenvalue weighted by atomic mass is 9.92. The maximum Gasteiger partial charge on any atom is 0.341 e. The van der Waals surface area contributed by atoms with E-state index in [1.807, 2.05) is 20.8 Å². The van der Waals surface area contributed by atoms with Crippen LogP contribution in [0.1, 0.15) is 60.8 Å². The molecule has 1 amide bonds. The predicted octanol–water partition coefficient (Wildman–Crippen LogP) is 3.80. The summed E-state index contributed by atoms with van der Waals surface area (Å²) >= 11 is 1.52. The van der Waals surface area contributed by atoms with Crippen molar-refractivity contribution < 1.29 is 19.1 Å². The van der Waals surface area contributed by atoms with Crippen LogP contribution in [0.25, 0.3) is 0 Å². The van der Waals surface area contributed by atoms with E-state index in [-0.39, 0.29) is 23.9 Å². The average molecular weight is 353 g/mol. The molecule has 0 aliphatic heterocycles. The van der Waals surface area contributed by atoms with E-state index in [0.717, 1.165) is 31.2 Å². The van der Waals surface area contributed by atoms with Crippen LogP contribution in [0.2, 0.25) is 0 Å². The molecule has 24 heavy (non-hydrogen) atoms. The molecule has 1 aliphatic rings. The Bertz CT molecular complexity index is 601. The SMILES string of the molecule is COCCOC(=O)c1c(NC(=O)CC(C)(C)C)sc2c1CCCC2. The van der Waals surface area contributed by atoms with Gasteiger partial charge in [-0.15, -0.1) is 11.3 Å². The Kier molecular flexibility index (Phi) is 6.40. The summed E-state index contributed by atoms with van der Waals surface area (Å²) in [7, 11) is 1.57. The molecule has 0 unspecified atom stereocenters. The summed E-state index contributed by atoms with van der Waals surface area (Å²) in [6.45, 7) is 6.64. The minimum Gasteiger partial charge on any atom is -0.460 e. The van der Waals surface area contributed by atoms with Crippen LogP contribution >= 0.6 is 11.3 Å². The Labute approximate surface area is 147 Å². The Morgan fingerprint density at radius 1 is 1.17 bits per heavy atom. The number of aryl methyl sites for hydroxylation is 1. The van der Waals surface area contributed by atoms with Gasteiger partial charge in [0.2, 0.25) is 5.91 Å². The molecule has 0 saturated heterocycles. The minimum absolute atomic E-state index is 0.0629. The van der Waals surface area contributed by atoms with Gasteiger partial charge in [0.15, 0.2) is 0 Å². The van der Waals surface area contributed by atoms with Gasteiger partial charge in [-0.25, -0.2) is 4.79 Å². The Morgan fingerprint density at radius 2 is 1.88 bits per heavy atom. The van der Waals surface area contributed by atoms with Crippen LogP contribution in [0.3, 0.4) is 0 Å². The molecule has 0 radical (unpaired) electrons. The number of hydrogen-bond acceptors (Lipinski definition) is 5. The molecular formula is C18H27NO4S. The topological polar surface area (TPSA) is 64.6 Å². The highest BCUT2D eigenvalue weighted by atomic mass is 32.1. The normalized spacial score (nSPS) is 14.2. The molecule has 0 aromatic carbocycles. The maximum atomic E-state index is 12.5. The second-order valence-electron chi connectivity index (χ2n) is 7.33. The average Bonchev–Trinajstić information content (AvgIpc) is 2.82. The first-order valence-electron chi connectivity index (χ1n) is 8.42. The Balaban J connectivity index is 2.21. The molecule has 2 rings (SSSR count). The number of rotatable bonds is 6. The zero-order chi connectivity index (χ0) is 17.7. The molecule has 1 heterocycles. The van der Waals surface area contributed by atoms with Crippen LogP contribution in [0.4, 0.5) is 5.00 Å². The number of carbonyl (C=O) groups is 2. The van der Waals surface area contributed by atoms with E-state index in [4.69, 9.17) is 9.47 Å². The molecule has 1 aromatic heterocycles. The molecule has 0 spiro atoms. The van der Waals surface area contributed by atoms with Crippen LogP contribution < -0.4 is 5.32 Å². The van der Waals surface area contributed by atoms with Gasteiger partial charge in [0, 0.05) is 18.4 Å². The minimum atomic E-state index is -0.363. The third kappa shape index (κ3) is 5.05. The Morgan fingerprint density at radius 3 is 2.54 bits per heavy atom. The summed E-state index contributed by atoms with van der Waals surface area (Å²) in [5.41, 5.74) is 1.51. The van der Waals surface area contributed by atoms with Gasteiger partial charge in [0.05, 0.1) is 12.2 Å². The second kappa shape index (κ2) is 8.12. The fraction of sp³-hybridized carbons (Fsp3) is 0.667. The van der Waals surface area contributed by atoms with Crippen molar-refractivity contribution in [3.8, 4) is 0 Å².